The van der Waals surface area contributed by atoms with Crippen LogP contribution in [0, 0.1) is 0 Å². The van der Waals surface area contributed by atoms with Crippen molar-refractivity contribution in [1.29, 1.82) is 0 Å². The smallest absolute Gasteiger partial charge is 0.0769 e. The zero-order valence-corrected chi connectivity index (χ0v) is 10.8. The predicted molar refractivity (Wildman–Crippen MR) is 66.4 cm³/mol. The Labute approximate surface area is 99.5 Å². The van der Waals surface area contributed by atoms with Crippen molar-refractivity contribution < 1.29 is 10.2 Å². The molecule has 16 heavy (non-hydrogen) atoms. The molecular weight excluding hydrogens is 202 g/mol. The number of hydrogen-bond acceptors (Lipinski definition) is 3. The maximum absolute atomic E-state index is 10.4. The summed E-state index contributed by atoms with van der Waals surface area (Å²) in [5.74, 6) is 0. The number of nitrogens with zero attached hydrogens (tertiary/aromatic N) is 1. The predicted octanol–water partition coefficient (Wildman–Crippen LogP) is 1.77. The van der Waals surface area contributed by atoms with Gasteiger partial charge in [-0.25, -0.2) is 0 Å². The highest BCUT2D eigenvalue weighted by Gasteiger charge is 2.30. The second-order valence-corrected chi connectivity index (χ2v) is 5.06. The maximum Gasteiger partial charge on any atom is 0.0769 e. The van der Waals surface area contributed by atoms with Crippen LogP contribution in [0.5, 0.6) is 0 Å². The molecule has 0 aromatic rings. The van der Waals surface area contributed by atoms with Crippen LogP contribution in [-0.4, -0.2) is 46.5 Å². The van der Waals surface area contributed by atoms with Gasteiger partial charge in [-0.3, -0.25) is 4.90 Å². The maximum atomic E-state index is 10.4. The van der Waals surface area contributed by atoms with Crippen LogP contribution in [0.2, 0.25) is 0 Å². The lowest BCUT2D eigenvalue weighted by Gasteiger charge is -2.36. The highest BCUT2D eigenvalue weighted by atomic mass is 16.3. The Bertz CT molecular complexity index is 186. The van der Waals surface area contributed by atoms with E-state index in [1.165, 1.54) is 25.7 Å². The molecule has 1 aliphatic rings. The normalized spacial score (nSPS) is 18.6. The molecule has 0 amide bonds. The molecule has 0 heterocycles. The minimum absolute atomic E-state index is 0.194. The molecule has 0 atom stereocenters. The van der Waals surface area contributed by atoms with Crippen LogP contribution in [0.3, 0.4) is 0 Å². The van der Waals surface area contributed by atoms with Crippen LogP contribution in [0.25, 0.3) is 0 Å². The fraction of sp³-hybridized carbons (Fsp3) is 1.00. The van der Waals surface area contributed by atoms with Gasteiger partial charge >= 0.3 is 0 Å². The van der Waals surface area contributed by atoms with E-state index in [2.05, 4.69) is 4.90 Å². The van der Waals surface area contributed by atoms with Crippen molar-refractivity contribution in [2.24, 2.45) is 0 Å². The van der Waals surface area contributed by atoms with Crippen LogP contribution in [-0.2, 0) is 0 Å². The van der Waals surface area contributed by atoms with Crippen molar-refractivity contribution in [2.45, 2.75) is 64.0 Å². The third kappa shape index (κ3) is 3.72. The second kappa shape index (κ2) is 6.58. The van der Waals surface area contributed by atoms with Gasteiger partial charge in [-0.15, -0.1) is 0 Å². The fourth-order valence-corrected chi connectivity index (χ4v) is 2.64. The number of aliphatic hydroxyl groups excluding tert-OH is 1. The topological polar surface area (TPSA) is 43.7 Å². The average molecular weight is 229 g/mol. The van der Waals surface area contributed by atoms with Crippen molar-refractivity contribution >= 4 is 0 Å². The molecule has 2 N–H and O–H groups in total. The third-order valence-corrected chi connectivity index (χ3v) is 4.04. The SMILES string of the molecule is CCC(O)(CC)CN(CCO)C1CCCC1. The third-order valence-electron chi connectivity index (χ3n) is 4.04. The molecular formula is C13H27NO2. The van der Waals surface area contributed by atoms with Crippen molar-refractivity contribution in [3.05, 3.63) is 0 Å². The zero-order valence-electron chi connectivity index (χ0n) is 10.8. The first-order valence-corrected chi connectivity index (χ1v) is 6.72. The number of hydrogen-bond donors (Lipinski definition) is 2. The molecule has 0 unspecified atom stereocenters. The monoisotopic (exact) mass is 229 g/mol. The quantitative estimate of drug-likeness (QED) is 0.699. The molecule has 1 saturated carbocycles. The molecule has 1 rings (SSSR count). The van der Waals surface area contributed by atoms with Crippen LogP contribution in [0.4, 0.5) is 0 Å². The van der Waals surface area contributed by atoms with Gasteiger partial charge in [0, 0.05) is 19.1 Å². The fourth-order valence-electron chi connectivity index (χ4n) is 2.64. The molecule has 0 aromatic carbocycles. The molecule has 3 nitrogen and oxygen atoms in total. The summed E-state index contributed by atoms with van der Waals surface area (Å²) in [5, 5.41) is 19.5. The van der Waals surface area contributed by atoms with E-state index in [9.17, 15) is 5.11 Å². The summed E-state index contributed by atoms with van der Waals surface area (Å²) in [6.07, 6.45) is 6.62. The number of rotatable bonds is 7. The van der Waals surface area contributed by atoms with E-state index >= 15 is 0 Å². The van der Waals surface area contributed by atoms with Crippen molar-refractivity contribution in [1.82, 2.24) is 4.90 Å². The Morgan fingerprint density at radius 2 is 1.75 bits per heavy atom. The van der Waals surface area contributed by atoms with Crippen LogP contribution in [0.15, 0.2) is 0 Å². The highest BCUT2D eigenvalue weighted by Crippen LogP contribution is 2.26. The van der Waals surface area contributed by atoms with Crippen LogP contribution >= 0.6 is 0 Å². The van der Waals surface area contributed by atoms with Gasteiger partial charge in [0.15, 0.2) is 0 Å². The van der Waals surface area contributed by atoms with Gasteiger partial charge in [-0.05, 0) is 25.7 Å². The van der Waals surface area contributed by atoms with E-state index in [-0.39, 0.29) is 6.61 Å². The summed E-state index contributed by atoms with van der Waals surface area (Å²) in [7, 11) is 0. The Balaban J connectivity index is 2.55. The molecule has 0 spiro atoms. The molecule has 0 bridgehead atoms. The molecule has 0 aromatic heterocycles. The molecule has 0 aliphatic heterocycles. The van der Waals surface area contributed by atoms with Gasteiger partial charge in [0.25, 0.3) is 0 Å². The average Bonchev–Trinajstić information content (AvgIpc) is 2.82. The number of aliphatic hydroxyl groups is 2. The van der Waals surface area contributed by atoms with Crippen molar-refractivity contribution in [2.75, 3.05) is 19.7 Å². The first-order chi connectivity index (χ1) is 7.65. The summed E-state index contributed by atoms with van der Waals surface area (Å²) in [5.41, 5.74) is -0.572. The van der Waals surface area contributed by atoms with Crippen molar-refractivity contribution in [3.63, 3.8) is 0 Å². The van der Waals surface area contributed by atoms with E-state index < -0.39 is 5.60 Å². The molecule has 0 saturated heterocycles. The summed E-state index contributed by atoms with van der Waals surface area (Å²) in [6, 6.07) is 0.580. The molecule has 1 fully saturated rings. The summed E-state index contributed by atoms with van der Waals surface area (Å²) in [4.78, 5) is 2.29. The van der Waals surface area contributed by atoms with Crippen molar-refractivity contribution in [3.8, 4) is 0 Å². The minimum Gasteiger partial charge on any atom is -0.395 e. The van der Waals surface area contributed by atoms with E-state index in [1.54, 1.807) is 0 Å². The first kappa shape index (κ1) is 13.9. The van der Waals surface area contributed by atoms with Gasteiger partial charge in [0.2, 0.25) is 0 Å². The van der Waals surface area contributed by atoms with Gasteiger partial charge in [0.1, 0.15) is 0 Å². The lowest BCUT2D eigenvalue weighted by atomic mass is 9.96. The molecule has 0 radical (unpaired) electrons. The molecule has 1 aliphatic carbocycles. The Morgan fingerprint density at radius 3 is 2.19 bits per heavy atom. The Morgan fingerprint density at radius 1 is 1.19 bits per heavy atom. The lowest BCUT2D eigenvalue weighted by Crippen LogP contribution is -2.47. The standard InChI is InChI=1S/C13H27NO2/c1-3-13(16,4-2)11-14(9-10-15)12-7-5-6-8-12/h12,15-16H,3-11H2,1-2H3. The van der Waals surface area contributed by atoms with E-state index in [0.717, 1.165) is 12.8 Å². The Hall–Kier alpha value is -0.120. The van der Waals surface area contributed by atoms with Crippen LogP contribution in [0.1, 0.15) is 52.4 Å². The zero-order chi connectivity index (χ0) is 12.0. The summed E-state index contributed by atoms with van der Waals surface area (Å²) in [6.45, 7) is 5.68. The van der Waals surface area contributed by atoms with Gasteiger partial charge in [-0.1, -0.05) is 26.7 Å². The van der Waals surface area contributed by atoms with E-state index in [4.69, 9.17) is 5.11 Å². The first-order valence-electron chi connectivity index (χ1n) is 6.72. The van der Waals surface area contributed by atoms with E-state index in [1.807, 2.05) is 13.8 Å². The van der Waals surface area contributed by atoms with Gasteiger partial charge in [-0.2, -0.15) is 0 Å². The largest absolute Gasteiger partial charge is 0.395 e. The summed E-state index contributed by atoms with van der Waals surface area (Å²) < 4.78 is 0. The molecule has 96 valence electrons. The second-order valence-electron chi connectivity index (χ2n) is 5.06. The van der Waals surface area contributed by atoms with Gasteiger partial charge < -0.3 is 10.2 Å². The highest BCUT2D eigenvalue weighted by molar-refractivity contribution is 4.85. The van der Waals surface area contributed by atoms with E-state index in [0.29, 0.717) is 19.1 Å². The van der Waals surface area contributed by atoms with Crippen LogP contribution < -0.4 is 0 Å². The minimum atomic E-state index is -0.572. The Kier molecular flexibility index (Phi) is 5.73. The lowest BCUT2D eigenvalue weighted by molar-refractivity contribution is -0.0184. The molecule has 3 heteroatoms. The summed E-state index contributed by atoms with van der Waals surface area (Å²) >= 11 is 0. The van der Waals surface area contributed by atoms with Gasteiger partial charge in [0.05, 0.1) is 12.2 Å².